The van der Waals surface area contributed by atoms with Gasteiger partial charge in [-0.2, -0.15) is 0 Å². The fraction of sp³-hybridized carbons (Fsp3) is 0.536. The Morgan fingerprint density at radius 2 is 1.80 bits per heavy atom. The van der Waals surface area contributed by atoms with Gasteiger partial charge in [0.2, 0.25) is 0 Å². The van der Waals surface area contributed by atoms with E-state index >= 15 is 0 Å². The van der Waals surface area contributed by atoms with Gasteiger partial charge in [-0.15, -0.1) is 0 Å². The fourth-order valence-corrected chi connectivity index (χ4v) is 7.78. The normalized spacial score (nSPS) is 29.1. The van der Waals surface area contributed by atoms with Crippen LogP contribution in [0.4, 0.5) is 5.82 Å². The van der Waals surface area contributed by atoms with Crippen LogP contribution in [0.2, 0.25) is 5.02 Å². The predicted molar refractivity (Wildman–Crippen MR) is 135 cm³/mol. The van der Waals surface area contributed by atoms with Gasteiger partial charge in [0.25, 0.3) is 5.91 Å². The first-order valence-electron chi connectivity index (χ1n) is 12.8. The summed E-state index contributed by atoms with van der Waals surface area (Å²) in [5.41, 5.74) is 2.58. The van der Waals surface area contributed by atoms with Gasteiger partial charge in [0.1, 0.15) is 5.82 Å². The molecule has 1 N–H and O–H groups in total. The highest BCUT2D eigenvalue weighted by Gasteiger charge is 2.50. The van der Waals surface area contributed by atoms with E-state index < -0.39 is 0 Å². The summed E-state index contributed by atoms with van der Waals surface area (Å²) in [5, 5.41) is 3.71. The number of halogens is 1. The van der Waals surface area contributed by atoms with Gasteiger partial charge < -0.3 is 15.0 Å². The average Bonchev–Trinajstić information content (AvgIpc) is 2.81. The molecule has 1 amide bonds. The van der Waals surface area contributed by atoms with E-state index in [1.54, 1.807) is 12.3 Å². The number of carbonyl (C=O) groups excluding carboxylic acids is 2. The minimum absolute atomic E-state index is 0.104. The van der Waals surface area contributed by atoms with Crippen molar-refractivity contribution in [3.8, 4) is 11.1 Å². The Morgan fingerprint density at radius 1 is 1.11 bits per heavy atom. The number of hydrogen-bond donors (Lipinski definition) is 1. The Hall–Kier alpha value is -2.60. The minimum Gasteiger partial charge on any atom is -0.469 e. The van der Waals surface area contributed by atoms with Crippen molar-refractivity contribution >= 4 is 29.3 Å². The Bertz CT molecular complexity index is 1120. The molecule has 1 aromatic heterocycles. The number of aromatic nitrogens is 1. The van der Waals surface area contributed by atoms with E-state index in [-0.39, 0.29) is 23.2 Å². The molecule has 0 radical (unpaired) electrons. The molecule has 0 spiro atoms. The fourth-order valence-electron chi connectivity index (χ4n) is 7.58. The number of hydrogen-bond acceptors (Lipinski definition) is 5. The summed E-state index contributed by atoms with van der Waals surface area (Å²) in [6.07, 6.45) is 9.71. The molecular formula is C28H32ClN3O3. The lowest BCUT2D eigenvalue weighted by molar-refractivity contribution is -0.146. The molecule has 184 valence electrons. The topological polar surface area (TPSA) is 71.5 Å². The lowest BCUT2D eigenvalue weighted by atomic mass is 9.49. The van der Waals surface area contributed by atoms with Crippen LogP contribution >= 0.6 is 11.6 Å². The number of carbonyl (C=O) groups is 2. The third-order valence-electron chi connectivity index (χ3n) is 8.81. The van der Waals surface area contributed by atoms with Gasteiger partial charge in [0, 0.05) is 31.4 Å². The van der Waals surface area contributed by atoms with E-state index in [1.165, 1.54) is 45.6 Å². The number of benzene rings is 1. The smallest absolute Gasteiger partial charge is 0.312 e. The first-order valence-corrected chi connectivity index (χ1v) is 13.2. The van der Waals surface area contributed by atoms with E-state index in [2.05, 4.69) is 15.2 Å². The lowest BCUT2D eigenvalue weighted by Crippen LogP contribution is -2.51. The molecule has 7 heteroatoms. The SMILES string of the molecule is COC(=O)C1CN(c2ncccc2-c2ccc(Cl)c(C(=O)NCC34CC5CC(CC(C5)C3)C4)c2)C1. The molecule has 2 heterocycles. The Balaban J connectivity index is 1.19. The molecule has 1 aromatic carbocycles. The highest BCUT2D eigenvalue weighted by molar-refractivity contribution is 6.34. The first-order chi connectivity index (χ1) is 16.9. The number of methoxy groups -OCH3 is 1. The number of amides is 1. The second-order valence-corrected chi connectivity index (χ2v) is 11.7. The van der Waals surface area contributed by atoms with Gasteiger partial charge in [-0.3, -0.25) is 9.59 Å². The molecule has 4 aliphatic carbocycles. The van der Waals surface area contributed by atoms with Gasteiger partial charge in [-0.05, 0) is 91.5 Å². The van der Waals surface area contributed by atoms with Crippen LogP contribution in [0.3, 0.4) is 0 Å². The van der Waals surface area contributed by atoms with Crippen LogP contribution in [-0.2, 0) is 9.53 Å². The van der Waals surface area contributed by atoms with E-state index in [9.17, 15) is 9.59 Å². The van der Waals surface area contributed by atoms with Gasteiger partial charge in [0.15, 0.2) is 0 Å². The number of rotatable bonds is 6. The zero-order valence-electron chi connectivity index (χ0n) is 20.1. The molecule has 7 rings (SSSR count). The predicted octanol–water partition coefficient (Wildman–Crippen LogP) is 4.96. The van der Waals surface area contributed by atoms with Crippen LogP contribution in [-0.4, -0.2) is 43.6 Å². The molecular weight excluding hydrogens is 462 g/mol. The summed E-state index contributed by atoms with van der Waals surface area (Å²) < 4.78 is 4.86. The molecule has 1 saturated heterocycles. The van der Waals surface area contributed by atoms with Gasteiger partial charge >= 0.3 is 5.97 Å². The van der Waals surface area contributed by atoms with Crippen molar-refractivity contribution in [2.75, 3.05) is 31.6 Å². The van der Waals surface area contributed by atoms with Crippen LogP contribution in [0.15, 0.2) is 36.5 Å². The minimum atomic E-state index is -0.191. The molecule has 4 bridgehead atoms. The number of nitrogens with one attached hydrogen (secondary N) is 1. The third kappa shape index (κ3) is 4.20. The molecule has 5 aliphatic rings. The molecule has 35 heavy (non-hydrogen) atoms. The zero-order chi connectivity index (χ0) is 24.2. The average molecular weight is 494 g/mol. The summed E-state index contributed by atoms with van der Waals surface area (Å²) in [5.74, 6) is 2.94. The number of ether oxygens (including phenoxy) is 1. The third-order valence-corrected chi connectivity index (χ3v) is 9.14. The molecule has 1 aliphatic heterocycles. The molecule has 0 unspecified atom stereocenters. The van der Waals surface area contributed by atoms with E-state index in [4.69, 9.17) is 16.3 Å². The Morgan fingerprint density at radius 3 is 2.46 bits per heavy atom. The second-order valence-electron chi connectivity index (χ2n) is 11.3. The quantitative estimate of drug-likeness (QED) is 0.576. The van der Waals surface area contributed by atoms with Crippen LogP contribution in [0.5, 0.6) is 0 Å². The zero-order valence-corrected chi connectivity index (χ0v) is 20.9. The van der Waals surface area contributed by atoms with Crippen molar-refractivity contribution in [1.29, 1.82) is 0 Å². The summed E-state index contributed by atoms with van der Waals surface area (Å²) in [7, 11) is 1.42. The highest BCUT2D eigenvalue weighted by atomic mass is 35.5. The van der Waals surface area contributed by atoms with Crippen molar-refractivity contribution in [3.05, 3.63) is 47.1 Å². The maximum Gasteiger partial charge on any atom is 0.312 e. The molecule has 0 atom stereocenters. The number of esters is 1. The number of anilines is 1. The Labute approximate surface area is 211 Å². The number of pyridine rings is 1. The van der Waals surface area contributed by atoms with Gasteiger partial charge in [-0.1, -0.05) is 17.7 Å². The largest absolute Gasteiger partial charge is 0.469 e. The maximum atomic E-state index is 13.3. The van der Waals surface area contributed by atoms with Crippen molar-refractivity contribution in [2.24, 2.45) is 29.1 Å². The van der Waals surface area contributed by atoms with E-state index in [0.29, 0.717) is 23.7 Å². The van der Waals surface area contributed by atoms with Crippen LogP contribution < -0.4 is 10.2 Å². The lowest BCUT2D eigenvalue weighted by Gasteiger charge is -2.56. The van der Waals surface area contributed by atoms with Crippen molar-refractivity contribution < 1.29 is 14.3 Å². The summed E-state index contributed by atoms with van der Waals surface area (Å²) in [6, 6.07) is 9.47. The second kappa shape index (κ2) is 8.81. The summed E-state index contributed by atoms with van der Waals surface area (Å²) >= 11 is 6.51. The van der Waals surface area contributed by atoms with E-state index in [0.717, 1.165) is 41.2 Å². The van der Waals surface area contributed by atoms with Crippen molar-refractivity contribution in [1.82, 2.24) is 10.3 Å². The van der Waals surface area contributed by atoms with Crippen LogP contribution in [0.1, 0.15) is 48.9 Å². The first kappa shape index (κ1) is 22.8. The number of nitrogens with zero attached hydrogens (tertiary/aromatic N) is 2. The maximum absolute atomic E-state index is 13.3. The Kier molecular flexibility index (Phi) is 5.75. The molecule has 4 saturated carbocycles. The van der Waals surface area contributed by atoms with E-state index in [1.807, 2.05) is 24.3 Å². The van der Waals surface area contributed by atoms with Crippen LogP contribution in [0.25, 0.3) is 11.1 Å². The summed E-state index contributed by atoms with van der Waals surface area (Å²) in [6.45, 7) is 1.89. The molecule has 6 nitrogen and oxygen atoms in total. The monoisotopic (exact) mass is 493 g/mol. The highest BCUT2D eigenvalue weighted by Crippen LogP contribution is 2.59. The van der Waals surface area contributed by atoms with Gasteiger partial charge in [0.05, 0.1) is 23.6 Å². The van der Waals surface area contributed by atoms with Crippen molar-refractivity contribution in [3.63, 3.8) is 0 Å². The van der Waals surface area contributed by atoms with Crippen LogP contribution in [0, 0.1) is 29.1 Å². The standard InChI is InChI=1S/C28H32ClN3O3/c1-35-27(34)21-14-32(15-21)25-22(3-2-6-30-25)20-4-5-24(29)23(10-20)26(33)31-16-28-11-17-7-18(12-28)9-19(8-17)13-28/h2-6,10,17-19,21H,7-9,11-16H2,1H3,(H,31,33). The van der Waals surface area contributed by atoms with Gasteiger partial charge in [-0.25, -0.2) is 4.98 Å². The van der Waals surface area contributed by atoms with Crippen molar-refractivity contribution in [2.45, 2.75) is 38.5 Å². The summed E-state index contributed by atoms with van der Waals surface area (Å²) in [4.78, 5) is 31.8. The molecule has 5 fully saturated rings. The molecule has 2 aromatic rings.